The van der Waals surface area contributed by atoms with E-state index < -0.39 is 17.5 Å². The first kappa shape index (κ1) is 21.0. The summed E-state index contributed by atoms with van der Waals surface area (Å²) in [5, 5.41) is 0. The Morgan fingerprint density at radius 1 is 0.800 bits per heavy atom. The molecule has 5 nitrogen and oxygen atoms in total. The fraction of sp³-hybridized carbons (Fsp3) is 0.130. The molecular weight excluding hydrogens is 392 g/mol. The molecular formula is C23H20F2NO4+. The van der Waals surface area contributed by atoms with E-state index in [0.29, 0.717) is 28.5 Å². The van der Waals surface area contributed by atoms with Crippen LogP contribution in [0.5, 0.6) is 17.2 Å². The van der Waals surface area contributed by atoms with Crippen LogP contribution in [-0.4, -0.2) is 38.0 Å². The molecule has 0 saturated carbocycles. The van der Waals surface area contributed by atoms with Gasteiger partial charge in [-0.05, 0) is 36.4 Å². The van der Waals surface area contributed by atoms with Crippen LogP contribution in [0.1, 0.15) is 15.9 Å². The van der Waals surface area contributed by atoms with Crippen molar-refractivity contribution in [3.8, 4) is 17.2 Å². The van der Waals surface area contributed by atoms with Gasteiger partial charge in [0, 0.05) is 29.8 Å². The van der Waals surface area contributed by atoms with Crippen molar-refractivity contribution in [2.24, 2.45) is 0 Å². The quantitative estimate of drug-likeness (QED) is 0.439. The van der Waals surface area contributed by atoms with E-state index in [2.05, 4.69) is 0 Å². The van der Waals surface area contributed by atoms with Crippen LogP contribution in [0.15, 0.2) is 60.7 Å². The van der Waals surface area contributed by atoms with Gasteiger partial charge in [-0.2, -0.15) is 0 Å². The molecule has 0 atom stereocenters. The number of hydrogen-bond acceptors (Lipinski definition) is 4. The molecule has 0 spiro atoms. The summed E-state index contributed by atoms with van der Waals surface area (Å²) >= 11 is 0. The van der Waals surface area contributed by atoms with Gasteiger partial charge in [-0.25, -0.2) is 13.6 Å². The number of ether oxygens (including phenoxy) is 3. The van der Waals surface area contributed by atoms with Crippen molar-refractivity contribution in [1.82, 2.24) is 0 Å². The Hall–Kier alpha value is -3.74. The van der Waals surface area contributed by atoms with E-state index in [1.54, 1.807) is 0 Å². The third-order valence-electron chi connectivity index (χ3n) is 4.38. The highest BCUT2D eigenvalue weighted by atomic mass is 19.1. The fourth-order valence-electron chi connectivity index (χ4n) is 2.89. The molecule has 3 aromatic carbocycles. The summed E-state index contributed by atoms with van der Waals surface area (Å²) in [6, 6.07) is 14.2. The third kappa shape index (κ3) is 4.46. The highest BCUT2D eigenvalue weighted by Gasteiger charge is 2.27. The molecule has 0 aromatic heterocycles. The second-order valence-corrected chi connectivity index (χ2v) is 6.25. The minimum Gasteiger partial charge on any atom is -0.493 e. The molecule has 154 valence electrons. The van der Waals surface area contributed by atoms with Crippen LogP contribution in [0.3, 0.4) is 0 Å². The summed E-state index contributed by atoms with van der Waals surface area (Å²) in [7, 11) is 4.37. The second kappa shape index (κ2) is 9.17. The lowest BCUT2D eigenvalue weighted by molar-refractivity contribution is -0.329. The van der Waals surface area contributed by atoms with Crippen LogP contribution in [0.25, 0.3) is 0 Å². The number of methoxy groups -OCH3 is 3. The van der Waals surface area contributed by atoms with Crippen molar-refractivity contribution in [3.05, 3.63) is 83.4 Å². The largest absolute Gasteiger partial charge is 0.493 e. The number of benzene rings is 3. The lowest BCUT2D eigenvalue weighted by atomic mass is 10.1. The monoisotopic (exact) mass is 412 g/mol. The first-order valence-corrected chi connectivity index (χ1v) is 8.96. The zero-order valence-corrected chi connectivity index (χ0v) is 16.7. The van der Waals surface area contributed by atoms with Gasteiger partial charge in [-0.1, -0.05) is 0 Å². The topological polar surface area (TPSA) is 47.8 Å². The molecule has 0 unspecified atom stereocenters. The number of carbonyl (C=O) groups excluding carboxylic acids is 1. The smallest absolute Gasteiger partial charge is 0.425 e. The van der Waals surface area contributed by atoms with Crippen LogP contribution < -0.4 is 14.2 Å². The molecule has 3 rings (SSSR count). The van der Waals surface area contributed by atoms with Crippen LogP contribution in [-0.2, 0) is 0 Å². The first-order chi connectivity index (χ1) is 14.5. The van der Waals surface area contributed by atoms with E-state index in [1.165, 1.54) is 92.8 Å². The van der Waals surface area contributed by atoms with Crippen molar-refractivity contribution in [2.45, 2.75) is 0 Å². The highest BCUT2D eigenvalue weighted by molar-refractivity contribution is 5.95. The Kier molecular flexibility index (Phi) is 6.41. The maximum Gasteiger partial charge on any atom is 0.425 e. The van der Waals surface area contributed by atoms with E-state index in [1.807, 2.05) is 0 Å². The molecule has 0 bridgehead atoms. The predicted molar refractivity (Wildman–Crippen MR) is 108 cm³/mol. The standard InChI is InChI=1S/C23H20F2NO4/c1-28-20-12-16(13-21(29-2)22(20)30-3)23(27)26(19-10-8-18(25)9-11-19)14-15-4-6-17(24)7-5-15/h4-14H,1-3H3/q+1. The molecule has 0 saturated heterocycles. The van der Waals surface area contributed by atoms with Gasteiger partial charge in [0.25, 0.3) is 0 Å². The minimum absolute atomic E-state index is 0.257. The fourth-order valence-corrected chi connectivity index (χ4v) is 2.89. The summed E-state index contributed by atoms with van der Waals surface area (Å²) in [6.45, 7) is 0. The summed E-state index contributed by atoms with van der Waals surface area (Å²) in [4.78, 5) is 13.4. The molecule has 1 amide bonds. The summed E-state index contributed by atoms with van der Waals surface area (Å²) in [5.74, 6) is -0.253. The van der Waals surface area contributed by atoms with E-state index in [9.17, 15) is 13.6 Å². The van der Waals surface area contributed by atoms with Crippen molar-refractivity contribution in [1.29, 1.82) is 0 Å². The van der Waals surface area contributed by atoms with E-state index in [0.717, 1.165) is 0 Å². The average Bonchev–Trinajstić information content (AvgIpc) is 2.77. The second-order valence-electron chi connectivity index (χ2n) is 6.25. The molecule has 0 fully saturated rings. The van der Waals surface area contributed by atoms with Crippen LogP contribution >= 0.6 is 0 Å². The summed E-state index contributed by atoms with van der Waals surface area (Å²) < 4.78 is 44.0. The van der Waals surface area contributed by atoms with Crippen molar-refractivity contribution in [2.75, 3.05) is 21.3 Å². The maximum absolute atomic E-state index is 13.4. The van der Waals surface area contributed by atoms with Gasteiger partial charge < -0.3 is 14.2 Å². The lowest BCUT2D eigenvalue weighted by Crippen LogP contribution is -2.18. The number of nitrogens with zero attached hydrogens (tertiary/aromatic N) is 1. The lowest BCUT2D eigenvalue weighted by Gasteiger charge is -2.13. The third-order valence-corrected chi connectivity index (χ3v) is 4.38. The van der Waals surface area contributed by atoms with Gasteiger partial charge in [-0.3, -0.25) is 0 Å². The molecule has 0 aliphatic heterocycles. The molecule has 0 heterocycles. The number of carbonyl (C=O) groups is 1. The minimum atomic E-state index is -0.430. The average molecular weight is 412 g/mol. The Balaban J connectivity index is 2.15. The molecule has 30 heavy (non-hydrogen) atoms. The normalized spacial score (nSPS) is 11.2. The first-order valence-electron chi connectivity index (χ1n) is 8.96. The Morgan fingerprint density at radius 2 is 1.30 bits per heavy atom. The zero-order chi connectivity index (χ0) is 21.7. The Labute approximate surface area is 172 Å². The summed E-state index contributed by atoms with van der Waals surface area (Å²) in [6.07, 6.45) is 1.54. The molecule has 0 radical (unpaired) electrons. The van der Waals surface area contributed by atoms with Crippen LogP contribution in [0, 0.1) is 11.6 Å². The molecule has 0 aliphatic carbocycles. The number of hydrogen-bond donors (Lipinski definition) is 0. The number of halogens is 2. The Morgan fingerprint density at radius 3 is 1.77 bits per heavy atom. The van der Waals surface area contributed by atoms with E-state index in [4.69, 9.17) is 14.2 Å². The summed E-state index contributed by atoms with van der Waals surface area (Å²) in [5.41, 5.74) is 1.27. The molecule has 3 aromatic rings. The van der Waals surface area contributed by atoms with Crippen LogP contribution in [0.4, 0.5) is 14.5 Å². The van der Waals surface area contributed by atoms with E-state index >= 15 is 0 Å². The van der Waals surface area contributed by atoms with Crippen molar-refractivity contribution < 1.29 is 32.4 Å². The molecule has 7 heteroatoms. The van der Waals surface area contributed by atoms with Gasteiger partial charge >= 0.3 is 5.91 Å². The van der Waals surface area contributed by atoms with Crippen molar-refractivity contribution in [3.63, 3.8) is 0 Å². The Bertz CT molecular complexity index is 1050. The van der Waals surface area contributed by atoms with E-state index in [-0.39, 0.29) is 5.56 Å². The molecule has 0 aliphatic rings. The molecule has 0 N–H and O–H groups in total. The SMILES string of the molecule is COc1cc(C(=O)[N+](=Cc2ccc(F)cc2)c2ccc(F)cc2)cc(OC)c1OC. The number of rotatable bonds is 6. The predicted octanol–water partition coefficient (Wildman–Crippen LogP) is 4.59. The van der Waals surface area contributed by atoms with Gasteiger partial charge in [-0.15, -0.1) is 4.58 Å². The van der Waals surface area contributed by atoms with Gasteiger partial charge in [0.1, 0.15) is 11.6 Å². The van der Waals surface area contributed by atoms with Crippen molar-refractivity contribution >= 4 is 17.8 Å². The highest BCUT2D eigenvalue weighted by Crippen LogP contribution is 2.38. The van der Waals surface area contributed by atoms with Gasteiger partial charge in [0.2, 0.25) is 11.4 Å². The number of amides is 1. The zero-order valence-electron chi connectivity index (χ0n) is 16.7. The van der Waals surface area contributed by atoms with Crippen LogP contribution in [0.2, 0.25) is 0 Å². The maximum atomic E-state index is 13.4. The van der Waals surface area contributed by atoms with Gasteiger partial charge in [0.05, 0.1) is 26.9 Å². The van der Waals surface area contributed by atoms with Gasteiger partial charge in [0.15, 0.2) is 17.7 Å².